The van der Waals surface area contributed by atoms with Crippen LogP contribution in [0.25, 0.3) is 0 Å². The lowest BCUT2D eigenvalue weighted by atomic mass is 9.77. The number of hydrazine groups is 1. The Morgan fingerprint density at radius 2 is 1.75 bits per heavy atom. The minimum Gasteiger partial charge on any atom is -0.271 e. The van der Waals surface area contributed by atoms with Crippen molar-refractivity contribution < 1.29 is 0 Å². The Balaban J connectivity index is 2.90. The predicted molar refractivity (Wildman–Crippen MR) is 88.4 cm³/mol. The molecule has 1 aromatic rings. The maximum absolute atomic E-state index is 5.90. The third-order valence-corrected chi connectivity index (χ3v) is 4.53. The van der Waals surface area contributed by atoms with E-state index in [4.69, 9.17) is 5.84 Å². The number of rotatable bonds is 9. The zero-order chi connectivity index (χ0) is 15.0. The molecule has 2 heteroatoms. The van der Waals surface area contributed by atoms with Crippen LogP contribution in [0.3, 0.4) is 0 Å². The van der Waals surface area contributed by atoms with Crippen LogP contribution < -0.4 is 11.3 Å². The van der Waals surface area contributed by atoms with Gasteiger partial charge in [0.25, 0.3) is 0 Å². The van der Waals surface area contributed by atoms with Gasteiger partial charge in [-0.2, -0.15) is 0 Å². The summed E-state index contributed by atoms with van der Waals surface area (Å²) >= 11 is 0. The Hall–Kier alpha value is -0.860. The molecule has 0 saturated heterocycles. The lowest BCUT2D eigenvalue weighted by molar-refractivity contribution is 0.287. The van der Waals surface area contributed by atoms with Gasteiger partial charge in [-0.3, -0.25) is 11.3 Å². The maximum atomic E-state index is 5.90. The fraction of sp³-hybridized carbons (Fsp3) is 0.667. The average Bonchev–Trinajstić information content (AvgIpc) is 2.47. The van der Waals surface area contributed by atoms with E-state index in [0.29, 0.717) is 17.9 Å². The Morgan fingerprint density at radius 3 is 2.25 bits per heavy atom. The van der Waals surface area contributed by atoms with Crippen molar-refractivity contribution in [3.8, 4) is 0 Å². The zero-order valence-corrected chi connectivity index (χ0v) is 13.6. The monoisotopic (exact) mass is 276 g/mol. The first-order valence-electron chi connectivity index (χ1n) is 8.15. The Labute approximate surface area is 125 Å². The van der Waals surface area contributed by atoms with Gasteiger partial charge in [-0.1, -0.05) is 77.3 Å². The van der Waals surface area contributed by atoms with E-state index in [2.05, 4.69) is 63.5 Å². The van der Waals surface area contributed by atoms with E-state index in [1.807, 2.05) is 0 Å². The molecule has 2 nitrogen and oxygen atoms in total. The largest absolute Gasteiger partial charge is 0.271 e. The molecule has 0 amide bonds. The van der Waals surface area contributed by atoms with Gasteiger partial charge >= 0.3 is 0 Å². The van der Waals surface area contributed by atoms with E-state index in [0.717, 1.165) is 12.3 Å². The number of hydrogen-bond donors (Lipinski definition) is 2. The molecule has 114 valence electrons. The second-order valence-electron chi connectivity index (χ2n) is 6.22. The molecular weight excluding hydrogens is 244 g/mol. The van der Waals surface area contributed by atoms with E-state index in [1.165, 1.54) is 24.8 Å². The number of hydrogen-bond acceptors (Lipinski definition) is 2. The second-order valence-corrected chi connectivity index (χ2v) is 6.22. The minimum atomic E-state index is 0.355. The summed E-state index contributed by atoms with van der Waals surface area (Å²) in [6.45, 7) is 9.20. The molecular formula is C18H32N2. The van der Waals surface area contributed by atoms with Gasteiger partial charge in [-0.25, -0.2) is 0 Å². The molecule has 4 atom stereocenters. The van der Waals surface area contributed by atoms with E-state index in [1.54, 1.807) is 0 Å². The van der Waals surface area contributed by atoms with E-state index < -0.39 is 0 Å². The van der Waals surface area contributed by atoms with Crippen molar-refractivity contribution in [3.05, 3.63) is 35.9 Å². The van der Waals surface area contributed by atoms with Gasteiger partial charge < -0.3 is 0 Å². The molecule has 1 aromatic carbocycles. The topological polar surface area (TPSA) is 38.0 Å². The lowest BCUT2D eigenvalue weighted by Gasteiger charge is -2.33. The molecule has 0 aliphatic heterocycles. The fourth-order valence-corrected chi connectivity index (χ4v) is 3.25. The fourth-order valence-electron chi connectivity index (χ4n) is 3.25. The summed E-state index contributed by atoms with van der Waals surface area (Å²) in [7, 11) is 0. The van der Waals surface area contributed by atoms with Crippen molar-refractivity contribution in [2.24, 2.45) is 17.7 Å². The third-order valence-electron chi connectivity index (χ3n) is 4.53. The summed E-state index contributed by atoms with van der Waals surface area (Å²) in [5.41, 5.74) is 4.52. The van der Waals surface area contributed by atoms with E-state index in [9.17, 15) is 0 Å². The summed E-state index contributed by atoms with van der Waals surface area (Å²) in [4.78, 5) is 0. The predicted octanol–water partition coefficient (Wildman–Crippen LogP) is 4.47. The van der Waals surface area contributed by atoms with Gasteiger partial charge in [0.1, 0.15) is 0 Å². The lowest BCUT2D eigenvalue weighted by Crippen LogP contribution is -2.43. The van der Waals surface area contributed by atoms with E-state index in [-0.39, 0.29) is 0 Å². The van der Waals surface area contributed by atoms with E-state index >= 15 is 0 Å². The van der Waals surface area contributed by atoms with Crippen molar-refractivity contribution in [1.29, 1.82) is 0 Å². The van der Waals surface area contributed by atoms with Crippen molar-refractivity contribution in [1.82, 2.24) is 5.43 Å². The third kappa shape index (κ3) is 4.92. The molecule has 4 unspecified atom stereocenters. The van der Waals surface area contributed by atoms with Gasteiger partial charge in [-0.05, 0) is 23.8 Å². The van der Waals surface area contributed by atoms with Crippen LogP contribution in [0.4, 0.5) is 0 Å². The van der Waals surface area contributed by atoms with Crippen LogP contribution in [-0.4, -0.2) is 6.04 Å². The molecule has 0 heterocycles. The highest BCUT2D eigenvalue weighted by Gasteiger charge is 2.27. The first-order chi connectivity index (χ1) is 9.63. The molecule has 3 N–H and O–H groups in total. The van der Waals surface area contributed by atoms with Gasteiger partial charge in [0.2, 0.25) is 0 Å². The molecule has 0 saturated carbocycles. The molecule has 20 heavy (non-hydrogen) atoms. The van der Waals surface area contributed by atoms with Crippen LogP contribution in [0.2, 0.25) is 0 Å². The zero-order valence-electron chi connectivity index (χ0n) is 13.6. The van der Waals surface area contributed by atoms with Crippen LogP contribution in [-0.2, 0) is 0 Å². The quantitative estimate of drug-likeness (QED) is 0.515. The highest BCUT2D eigenvalue weighted by atomic mass is 15.2. The summed E-state index contributed by atoms with van der Waals surface area (Å²) in [6, 6.07) is 11.2. The van der Waals surface area contributed by atoms with Gasteiger partial charge in [-0.15, -0.1) is 0 Å². The molecule has 0 aliphatic rings. The van der Waals surface area contributed by atoms with Crippen LogP contribution in [0.15, 0.2) is 30.3 Å². The van der Waals surface area contributed by atoms with Crippen LogP contribution >= 0.6 is 0 Å². The van der Waals surface area contributed by atoms with Crippen LogP contribution in [0.1, 0.15) is 64.9 Å². The number of nitrogens with two attached hydrogens (primary N) is 1. The molecule has 0 spiro atoms. The normalized spacial score (nSPS) is 17.4. The van der Waals surface area contributed by atoms with Crippen molar-refractivity contribution >= 4 is 0 Å². The standard InChI is InChI=1S/C18H32N2/c1-5-10-14(3)13-17(20-19)18(15(4)6-2)16-11-8-7-9-12-16/h7-9,11-12,14-15,17-18,20H,5-6,10,13,19H2,1-4H3. The summed E-state index contributed by atoms with van der Waals surface area (Å²) < 4.78 is 0. The summed E-state index contributed by atoms with van der Waals surface area (Å²) in [6.07, 6.45) is 4.85. The maximum Gasteiger partial charge on any atom is 0.0284 e. The van der Waals surface area contributed by atoms with Crippen LogP contribution in [0, 0.1) is 11.8 Å². The Bertz CT molecular complexity index is 350. The molecule has 0 fully saturated rings. The smallest absolute Gasteiger partial charge is 0.0284 e. The Kier molecular flexibility index (Phi) is 7.86. The SMILES string of the molecule is CCCC(C)CC(NN)C(c1ccccc1)C(C)CC. The van der Waals surface area contributed by atoms with Crippen molar-refractivity contribution in [2.75, 3.05) is 0 Å². The van der Waals surface area contributed by atoms with Crippen LogP contribution in [0.5, 0.6) is 0 Å². The molecule has 0 aromatic heterocycles. The first-order valence-corrected chi connectivity index (χ1v) is 8.15. The van der Waals surface area contributed by atoms with Crippen molar-refractivity contribution in [3.63, 3.8) is 0 Å². The number of benzene rings is 1. The van der Waals surface area contributed by atoms with Gasteiger partial charge in [0.05, 0.1) is 0 Å². The highest BCUT2D eigenvalue weighted by molar-refractivity contribution is 5.22. The summed E-state index contributed by atoms with van der Waals surface area (Å²) in [5.74, 6) is 7.74. The Morgan fingerprint density at radius 1 is 1.10 bits per heavy atom. The molecule has 0 bridgehead atoms. The highest BCUT2D eigenvalue weighted by Crippen LogP contribution is 2.33. The van der Waals surface area contributed by atoms with Gasteiger partial charge in [0.15, 0.2) is 0 Å². The minimum absolute atomic E-state index is 0.355. The van der Waals surface area contributed by atoms with Crippen molar-refractivity contribution in [2.45, 2.75) is 65.3 Å². The van der Waals surface area contributed by atoms with Gasteiger partial charge in [0, 0.05) is 12.0 Å². The second kappa shape index (κ2) is 9.15. The molecule has 0 radical (unpaired) electrons. The molecule has 0 aliphatic carbocycles. The first kappa shape index (κ1) is 17.2. The number of nitrogens with one attached hydrogen (secondary N) is 1. The average molecular weight is 276 g/mol. The summed E-state index contributed by atoms with van der Waals surface area (Å²) in [5, 5.41) is 0. The molecule has 1 rings (SSSR count).